The van der Waals surface area contributed by atoms with Crippen LogP contribution in [0.1, 0.15) is 27.1 Å². The summed E-state index contributed by atoms with van der Waals surface area (Å²) in [6.45, 7) is 5.28. The lowest BCUT2D eigenvalue weighted by Gasteiger charge is -2.31. The van der Waals surface area contributed by atoms with Gasteiger partial charge in [0.2, 0.25) is 0 Å². The minimum Gasteiger partial charge on any atom is -0.362 e. The molecule has 0 bridgehead atoms. The van der Waals surface area contributed by atoms with Gasteiger partial charge in [-0.2, -0.15) is 0 Å². The molecule has 2 aromatic carbocycles. The van der Waals surface area contributed by atoms with Crippen molar-refractivity contribution in [2.45, 2.75) is 26.8 Å². The van der Waals surface area contributed by atoms with Gasteiger partial charge in [-0.1, -0.05) is 42.5 Å². The molecule has 150 valence electrons. The molecule has 2 aliphatic heterocycles. The van der Waals surface area contributed by atoms with Crippen LogP contribution in [0, 0.1) is 13.8 Å². The maximum atomic E-state index is 13.7. The van der Waals surface area contributed by atoms with Gasteiger partial charge in [0.05, 0.1) is 11.3 Å². The molecule has 2 aliphatic rings. The fraction of sp³-hybridized carbons (Fsp3) is 0.200. The summed E-state index contributed by atoms with van der Waals surface area (Å²) in [5, 5.41) is 1.95. The number of carbonyl (C=O) groups excluding carboxylic acids is 2. The van der Waals surface area contributed by atoms with E-state index in [0.29, 0.717) is 23.5 Å². The number of aryl methyl sites for hydroxylation is 2. The summed E-state index contributed by atoms with van der Waals surface area (Å²) in [6, 6.07) is 18.1. The van der Waals surface area contributed by atoms with E-state index in [9.17, 15) is 9.59 Å². The Bertz CT molecular complexity index is 1190. The maximum absolute atomic E-state index is 13.7. The molecule has 0 saturated heterocycles. The number of anilines is 1. The minimum atomic E-state index is -0.231. The molecule has 0 spiro atoms. The maximum Gasteiger partial charge on any atom is 0.282 e. The average Bonchev–Trinajstić information content (AvgIpc) is 3.36. The zero-order chi connectivity index (χ0) is 20.8. The van der Waals surface area contributed by atoms with Crippen molar-refractivity contribution in [1.29, 1.82) is 0 Å². The minimum absolute atomic E-state index is 0.225. The molecule has 3 aromatic rings. The quantitative estimate of drug-likeness (QED) is 0.583. The van der Waals surface area contributed by atoms with Crippen LogP contribution in [0.5, 0.6) is 0 Å². The third-order valence-corrected chi connectivity index (χ3v) is 6.77. The van der Waals surface area contributed by atoms with Crippen molar-refractivity contribution in [2.75, 3.05) is 11.4 Å². The van der Waals surface area contributed by atoms with Crippen molar-refractivity contribution in [3.8, 4) is 0 Å². The molecule has 0 atom stereocenters. The molecule has 0 fully saturated rings. The van der Waals surface area contributed by atoms with Crippen LogP contribution in [-0.4, -0.2) is 23.3 Å². The summed E-state index contributed by atoms with van der Waals surface area (Å²) in [4.78, 5) is 31.6. The second-order valence-electron chi connectivity index (χ2n) is 7.88. The first-order valence-electron chi connectivity index (χ1n) is 10.1. The highest BCUT2D eigenvalue weighted by atomic mass is 32.1. The lowest BCUT2D eigenvalue weighted by Crippen LogP contribution is -2.37. The highest BCUT2D eigenvalue weighted by molar-refractivity contribution is 7.11. The van der Waals surface area contributed by atoms with Crippen LogP contribution in [0.15, 0.2) is 65.7 Å². The normalized spacial score (nSPS) is 16.5. The molecular weight excluding hydrogens is 392 g/mol. The van der Waals surface area contributed by atoms with Gasteiger partial charge < -0.3 is 4.90 Å². The lowest BCUT2D eigenvalue weighted by molar-refractivity contribution is -0.120. The van der Waals surface area contributed by atoms with Crippen LogP contribution in [0.2, 0.25) is 0 Å². The van der Waals surface area contributed by atoms with Gasteiger partial charge in [0.1, 0.15) is 5.70 Å². The number of benzene rings is 2. The van der Waals surface area contributed by atoms with Crippen molar-refractivity contribution < 1.29 is 9.59 Å². The third kappa shape index (κ3) is 2.97. The van der Waals surface area contributed by atoms with Crippen molar-refractivity contribution >= 4 is 34.4 Å². The lowest BCUT2D eigenvalue weighted by atomic mass is 9.99. The summed E-state index contributed by atoms with van der Waals surface area (Å²) >= 11 is 1.50. The van der Waals surface area contributed by atoms with E-state index in [1.54, 1.807) is 0 Å². The highest BCUT2D eigenvalue weighted by Crippen LogP contribution is 2.39. The summed E-state index contributed by atoms with van der Waals surface area (Å²) < 4.78 is 0. The zero-order valence-corrected chi connectivity index (χ0v) is 17.8. The molecule has 3 heterocycles. The van der Waals surface area contributed by atoms with Gasteiger partial charge >= 0.3 is 0 Å². The number of rotatable bonds is 3. The second-order valence-corrected chi connectivity index (χ2v) is 8.82. The Kier molecular flexibility index (Phi) is 4.55. The topological polar surface area (TPSA) is 40.6 Å². The van der Waals surface area contributed by atoms with Crippen LogP contribution in [0.25, 0.3) is 5.57 Å². The Morgan fingerprint density at radius 1 is 0.900 bits per heavy atom. The fourth-order valence-electron chi connectivity index (χ4n) is 4.32. The number of hydrogen-bond donors (Lipinski definition) is 0. The molecule has 0 unspecified atom stereocenters. The van der Waals surface area contributed by atoms with Gasteiger partial charge in [-0.25, -0.2) is 4.90 Å². The molecule has 0 saturated carbocycles. The number of nitrogens with zero attached hydrogens (tertiary/aromatic N) is 2. The zero-order valence-electron chi connectivity index (χ0n) is 17.0. The largest absolute Gasteiger partial charge is 0.362 e. The predicted molar refractivity (Wildman–Crippen MR) is 120 cm³/mol. The van der Waals surface area contributed by atoms with E-state index in [-0.39, 0.29) is 11.8 Å². The molecule has 0 N–H and O–H groups in total. The Morgan fingerprint density at radius 2 is 1.70 bits per heavy atom. The van der Waals surface area contributed by atoms with E-state index in [4.69, 9.17) is 0 Å². The second kappa shape index (κ2) is 7.26. The molecule has 2 amide bonds. The summed E-state index contributed by atoms with van der Waals surface area (Å²) in [5.74, 6) is -0.457. The van der Waals surface area contributed by atoms with E-state index >= 15 is 0 Å². The van der Waals surface area contributed by atoms with Gasteiger partial charge in [0.15, 0.2) is 0 Å². The van der Waals surface area contributed by atoms with Gasteiger partial charge in [0, 0.05) is 18.0 Å². The van der Waals surface area contributed by atoms with E-state index in [0.717, 1.165) is 29.0 Å². The van der Waals surface area contributed by atoms with Crippen molar-refractivity contribution in [3.63, 3.8) is 0 Å². The molecule has 1 aromatic heterocycles. The van der Waals surface area contributed by atoms with Crippen molar-refractivity contribution in [3.05, 3.63) is 92.8 Å². The predicted octanol–water partition coefficient (Wildman–Crippen LogP) is 4.71. The average molecular weight is 415 g/mol. The Hall–Kier alpha value is -3.18. The number of hydrogen-bond acceptors (Lipinski definition) is 4. The van der Waals surface area contributed by atoms with Gasteiger partial charge in [-0.05, 0) is 60.0 Å². The van der Waals surface area contributed by atoms with Gasteiger partial charge in [-0.15, -0.1) is 11.3 Å². The number of amides is 2. The van der Waals surface area contributed by atoms with Crippen LogP contribution in [0.4, 0.5) is 5.69 Å². The molecular formula is C25H22N2O2S. The summed E-state index contributed by atoms with van der Waals surface area (Å²) in [6.07, 6.45) is 0.863. The molecule has 0 radical (unpaired) electrons. The Morgan fingerprint density at radius 3 is 2.47 bits per heavy atom. The van der Waals surface area contributed by atoms with Gasteiger partial charge in [-0.3, -0.25) is 9.59 Å². The first-order chi connectivity index (χ1) is 14.5. The first kappa shape index (κ1) is 18.8. The molecule has 30 heavy (non-hydrogen) atoms. The molecule has 5 heteroatoms. The standard InChI is InChI=1S/C25H22N2O2S/c1-16-9-10-17(2)20(14-16)27-24(28)22(21-8-5-13-30-21)23(25(27)29)26-12-11-18-6-3-4-7-19(18)15-26/h3-10,13-14H,11-12,15H2,1-2H3. The van der Waals surface area contributed by atoms with E-state index in [1.807, 2.05) is 55.6 Å². The smallest absolute Gasteiger partial charge is 0.282 e. The molecule has 5 rings (SSSR count). The van der Waals surface area contributed by atoms with Crippen molar-refractivity contribution in [1.82, 2.24) is 4.90 Å². The van der Waals surface area contributed by atoms with Crippen LogP contribution < -0.4 is 4.90 Å². The van der Waals surface area contributed by atoms with Crippen LogP contribution >= 0.6 is 11.3 Å². The number of thiophene rings is 1. The Balaban J connectivity index is 1.62. The Labute approximate surface area is 180 Å². The molecule has 4 nitrogen and oxygen atoms in total. The number of carbonyl (C=O) groups is 2. The summed E-state index contributed by atoms with van der Waals surface area (Å²) in [5.41, 5.74) is 6.19. The SMILES string of the molecule is Cc1ccc(C)c(N2C(=O)C(c3cccs3)=C(N3CCc4ccccc4C3)C2=O)c1. The first-order valence-corrected chi connectivity index (χ1v) is 11.0. The third-order valence-electron chi connectivity index (χ3n) is 5.88. The van der Waals surface area contributed by atoms with E-state index in [1.165, 1.54) is 27.4 Å². The van der Waals surface area contributed by atoms with E-state index in [2.05, 4.69) is 23.1 Å². The molecule has 0 aliphatic carbocycles. The van der Waals surface area contributed by atoms with Crippen LogP contribution in [0.3, 0.4) is 0 Å². The fourth-order valence-corrected chi connectivity index (χ4v) is 5.08. The van der Waals surface area contributed by atoms with Crippen LogP contribution in [-0.2, 0) is 22.6 Å². The number of fused-ring (bicyclic) bond motifs is 1. The van der Waals surface area contributed by atoms with E-state index < -0.39 is 0 Å². The monoisotopic (exact) mass is 414 g/mol. The van der Waals surface area contributed by atoms with Gasteiger partial charge in [0.25, 0.3) is 11.8 Å². The highest BCUT2D eigenvalue weighted by Gasteiger charge is 2.43. The van der Waals surface area contributed by atoms with Crippen molar-refractivity contribution in [2.24, 2.45) is 0 Å². The number of imide groups is 1. The summed E-state index contributed by atoms with van der Waals surface area (Å²) in [7, 11) is 0.